The smallest absolute Gasteiger partial charge is 0.409 e. The van der Waals surface area contributed by atoms with Gasteiger partial charge in [-0.15, -0.1) is 0 Å². The van der Waals surface area contributed by atoms with E-state index in [0.717, 1.165) is 18.6 Å². The summed E-state index contributed by atoms with van der Waals surface area (Å²) in [5.41, 5.74) is 3.55. The second-order valence-corrected chi connectivity index (χ2v) is 6.17. The van der Waals surface area contributed by atoms with Gasteiger partial charge in [-0.1, -0.05) is 0 Å². The molecule has 2 amide bonds. The number of benzene rings is 1. The number of nitrogens with one attached hydrogen (secondary N) is 1. The van der Waals surface area contributed by atoms with Crippen molar-refractivity contribution in [3.63, 3.8) is 0 Å². The average molecular weight is 379 g/mol. The van der Waals surface area contributed by atoms with Crippen LogP contribution in [-0.2, 0) is 11.2 Å². The molecule has 1 aromatic rings. The van der Waals surface area contributed by atoms with E-state index in [1.54, 1.807) is 6.92 Å². The predicted molar refractivity (Wildman–Crippen MR) is 92.4 cm³/mol. The number of hydrogen-bond acceptors (Lipinski definition) is 5. The molecule has 7 nitrogen and oxygen atoms in total. The topological polar surface area (TPSA) is 108 Å². The molecule has 1 aromatic carbocycles. The van der Waals surface area contributed by atoms with Crippen LogP contribution in [0.15, 0.2) is 12.1 Å². The Kier molecular flexibility index (Phi) is 6.69. The summed E-state index contributed by atoms with van der Waals surface area (Å²) in [6.45, 7) is 3.28. The number of carbonyl (C=O) groups excluding carboxylic acids is 2. The van der Waals surface area contributed by atoms with E-state index in [4.69, 9.17) is 5.73 Å². The minimum absolute atomic E-state index is 0.302. The van der Waals surface area contributed by atoms with Gasteiger partial charge in [-0.05, 0) is 39.3 Å². The molecule has 1 saturated heterocycles. The summed E-state index contributed by atoms with van der Waals surface area (Å²) >= 11 is 0. The van der Waals surface area contributed by atoms with Gasteiger partial charge in [0.2, 0.25) is 5.91 Å². The van der Waals surface area contributed by atoms with Crippen LogP contribution in [-0.4, -0.2) is 42.1 Å². The van der Waals surface area contributed by atoms with Crippen molar-refractivity contribution < 1.29 is 23.1 Å². The Balaban J connectivity index is 2.12. The largest absolute Gasteiger partial charge is 0.410 e. The second-order valence-electron chi connectivity index (χ2n) is 6.17. The lowest BCUT2D eigenvalue weighted by molar-refractivity contribution is -0.132. The maximum atomic E-state index is 14.1. The molecule has 0 unspecified atom stereocenters. The molecule has 1 radical (unpaired) electrons. The average Bonchev–Trinajstić information content (AvgIpc) is 2.61. The van der Waals surface area contributed by atoms with Gasteiger partial charge in [0.15, 0.2) is 0 Å². The summed E-state index contributed by atoms with van der Waals surface area (Å²) in [5, 5.41) is 12.8. The number of nitriles is 1. The van der Waals surface area contributed by atoms with Crippen LogP contribution in [0.25, 0.3) is 0 Å². The molecule has 9 heteroatoms. The number of carbonyl (C=O) groups is 2. The molecule has 0 spiro atoms. The van der Waals surface area contributed by atoms with Crippen molar-refractivity contribution in [2.45, 2.75) is 31.7 Å². The summed E-state index contributed by atoms with van der Waals surface area (Å²) < 4.78 is 32.7. The normalized spacial score (nSPS) is 15.6. The quantitative estimate of drug-likeness (QED) is 0.781. The van der Waals surface area contributed by atoms with E-state index in [1.807, 2.05) is 0 Å². The third-order valence-electron chi connectivity index (χ3n) is 4.55. The molecule has 0 aliphatic carbocycles. The van der Waals surface area contributed by atoms with Crippen LogP contribution in [0.3, 0.4) is 0 Å². The number of nitrogens with zero attached hydrogens (tertiary/aromatic N) is 2. The van der Waals surface area contributed by atoms with Crippen LogP contribution >= 0.6 is 0 Å². The van der Waals surface area contributed by atoms with E-state index in [2.05, 4.69) is 16.1 Å². The summed E-state index contributed by atoms with van der Waals surface area (Å²) in [7, 11) is 0. The Morgan fingerprint density at radius 3 is 2.44 bits per heavy atom. The first-order valence-electron chi connectivity index (χ1n) is 8.55. The molecule has 1 aliphatic heterocycles. The zero-order valence-corrected chi connectivity index (χ0v) is 14.9. The Morgan fingerprint density at radius 2 is 1.96 bits per heavy atom. The maximum absolute atomic E-state index is 14.1. The van der Waals surface area contributed by atoms with Gasteiger partial charge in [0.05, 0.1) is 12.5 Å². The minimum atomic E-state index is -1.19. The Bertz CT molecular complexity index is 734. The molecular formula is C18H21F2N4O3. The third-order valence-corrected chi connectivity index (χ3v) is 4.55. The van der Waals surface area contributed by atoms with Gasteiger partial charge in [0.25, 0.3) is 0 Å². The first-order valence-corrected chi connectivity index (χ1v) is 8.55. The van der Waals surface area contributed by atoms with Crippen LogP contribution in [0.4, 0.5) is 13.6 Å². The molecule has 27 heavy (non-hydrogen) atoms. The highest BCUT2D eigenvalue weighted by atomic mass is 19.1. The van der Waals surface area contributed by atoms with Gasteiger partial charge in [0, 0.05) is 24.2 Å². The van der Waals surface area contributed by atoms with E-state index >= 15 is 0 Å². The number of rotatable bonds is 6. The molecule has 2 rings (SSSR count). The van der Waals surface area contributed by atoms with Crippen molar-refractivity contribution in [1.29, 1.82) is 5.26 Å². The number of halogens is 2. The minimum Gasteiger partial charge on any atom is -0.410 e. The fourth-order valence-electron chi connectivity index (χ4n) is 3.20. The number of nitrogens with two attached hydrogens (primary N) is 1. The van der Waals surface area contributed by atoms with E-state index in [0.29, 0.717) is 32.5 Å². The highest BCUT2D eigenvalue weighted by molar-refractivity contribution is 5.86. The predicted octanol–water partition coefficient (Wildman–Crippen LogP) is 1.66. The van der Waals surface area contributed by atoms with Crippen molar-refractivity contribution >= 4 is 12.0 Å². The molecule has 0 saturated carbocycles. The number of piperidine rings is 1. The van der Waals surface area contributed by atoms with Gasteiger partial charge in [0.1, 0.15) is 22.9 Å². The lowest BCUT2D eigenvalue weighted by atomic mass is 9.87. The second kappa shape index (κ2) is 8.77. The van der Waals surface area contributed by atoms with E-state index in [1.165, 1.54) is 4.90 Å². The van der Waals surface area contributed by atoms with E-state index < -0.39 is 29.2 Å². The molecule has 1 fully saturated rings. The standard InChI is InChI=1S/C18H21F2N4O3/c1-2-24(18(11-21)5-7-23-8-6-18)16(25)4-3-13-14(19)9-12(10-15(13)20)27-17(22)26/h4,9-10,23H,2-3,5-8H2,1H3,(H2,22,26). The summed E-state index contributed by atoms with van der Waals surface area (Å²) in [5.74, 6) is -2.75. The summed E-state index contributed by atoms with van der Waals surface area (Å²) in [4.78, 5) is 24.7. The molecule has 0 aromatic heterocycles. The molecule has 0 atom stereocenters. The Morgan fingerprint density at radius 1 is 1.37 bits per heavy atom. The van der Waals surface area contributed by atoms with Gasteiger partial charge in [-0.2, -0.15) is 5.26 Å². The van der Waals surface area contributed by atoms with Gasteiger partial charge >= 0.3 is 6.09 Å². The van der Waals surface area contributed by atoms with Crippen LogP contribution < -0.4 is 15.8 Å². The van der Waals surface area contributed by atoms with Crippen molar-refractivity contribution in [3.8, 4) is 11.8 Å². The maximum Gasteiger partial charge on any atom is 0.409 e. The summed E-state index contributed by atoms with van der Waals surface area (Å²) in [6.07, 6.45) is 0.632. The Hall–Kier alpha value is -2.73. The number of ether oxygens (including phenoxy) is 1. The fourth-order valence-corrected chi connectivity index (χ4v) is 3.20. The van der Waals surface area contributed by atoms with Crippen molar-refractivity contribution in [3.05, 3.63) is 35.8 Å². The first-order chi connectivity index (χ1) is 12.8. The lowest BCUT2D eigenvalue weighted by Crippen LogP contribution is -2.56. The Labute approximate surface area is 156 Å². The first kappa shape index (κ1) is 20.6. The SMILES string of the molecule is CCN(C(=O)[CH]Cc1c(F)cc(OC(N)=O)cc1F)C1(C#N)CCNCC1. The van der Waals surface area contributed by atoms with Crippen LogP contribution in [0.2, 0.25) is 0 Å². The lowest BCUT2D eigenvalue weighted by Gasteiger charge is -2.41. The van der Waals surface area contributed by atoms with E-state index in [-0.39, 0.29) is 17.7 Å². The van der Waals surface area contributed by atoms with Crippen molar-refractivity contribution in [1.82, 2.24) is 10.2 Å². The number of hydrogen-bond donors (Lipinski definition) is 2. The van der Waals surface area contributed by atoms with E-state index in [9.17, 15) is 23.6 Å². The van der Waals surface area contributed by atoms with Crippen molar-refractivity contribution in [2.75, 3.05) is 19.6 Å². The number of amides is 2. The van der Waals surface area contributed by atoms with Crippen LogP contribution in [0.1, 0.15) is 25.3 Å². The molecular weight excluding hydrogens is 358 g/mol. The van der Waals surface area contributed by atoms with Gasteiger partial charge in [-0.25, -0.2) is 13.6 Å². The van der Waals surface area contributed by atoms with Crippen molar-refractivity contribution in [2.24, 2.45) is 5.73 Å². The number of primary amides is 1. The molecule has 1 aliphatic rings. The van der Waals surface area contributed by atoms with Crippen LogP contribution in [0, 0.1) is 29.4 Å². The zero-order chi connectivity index (χ0) is 20.0. The molecule has 0 bridgehead atoms. The molecule has 3 N–H and O–H groups in total. The third kappa shape index (κ3) is 4.71. The fraction of sp³-hybridized carbons (Fsp3) is 0.444. The van der Waals surface area contributed by atoms with Gasteiger partial charge in [-0.3, -0.25) is 4.79 Å². The zero-order valence-electron chi connectivity index (χ0n) is 14.9. The summed E-state index contributed by atoms with van der Waals surface area (Å²) in [6, 6.07) is 3.88. The molecule has 1 heterocycles. The van der Waals surface area contributed by atoms with Crippen LogP contribution in [0.5, 0.6) is 5.75 Å². The molecule has 145 valence electrons. The highest BCUT2D eigenvalue weighted by Crippen LogP contribution is 2.27. The van der Waals surface area contributed by atoms with Gasteiger partial charge < -0.3 is 20.7 Å². The highest BCUT2D eigenvalue weighted by Gasteiger charge is 2.40. The monoisotopic (exact) mass is 379 g/mol.